The molecule has 13 nitrogen and oxygen atoms in total. The molecular formula is C12H19N5O8. The number of primary amides is 2. The molecule has 0 heterocycles. The number of amides is 2. The Morgan fingerprint density at radius 3 is 1.28 bits per heavy atom. The number of esters is 4. The number of carbonyl (C=O) groups excluding carboxylic acids is 6. The highest BCUT2D eigenvalue weighted by molar-refractivity contribution is 5.96. The largest absolute Gasteiger partial charge is 0.392 e. The van der Waals surface area contributed by atoms with Crippen molar-refractivity contribution in [3.63, 3.8) is 0 Å². The summed E-state index contributed by atoms with van der Waals surface area (Å²) in [6.07, 6.45) is -1.94. The number of rotatable bonds is 9. The van der Waals surface area contributed by atoms with Crippen LogP contribution in [0.25, 0.3) is 0 Å². The zero-order valence-electron chi connectivity index (χ0n) is 13.0. The van der Waals surface area contributed by atoms with Gasteiger partial charge in [-0.3, -0.25) is 14.4 Å². The molecule has 0 bridgehead atoms. The first-order chi connectivity index (χ1) is 11.4. The minimum atomic E-state index is -1.66. The van der Waals surface area contributed by atoms with Crippen LogP contribution in [0.3, 0.4) is 0 Å². The van der Waals surface area contributed by atoms with E-state index in [1.807, 2.05) is 0 Å². The van der Waals surface area contributed by atoms with Crippen molar-refractivity contribution in [2.24, 2.45) is 28.7 Å². The summed E-state index contributed by atoms with van der Waals surface area (Å²) in [5.41, 5.74) is 25.5. The second-order valence-corrected chi connectivity index (χ2v) is 4.90. The van der Waals surface area contributed by atoms with Crippen LogP contribution in [-0.2, 0) is 38.2 Å². The van der Waals surface area contributed by atoms with Gasteiger partial charge in [-0.15, -0.1) is 0 Å². The van der Waals surface area contributed by atoms with E-state index in [0.717, 1.165) is 0 Å². The number of nitrogens with two attached hydrogens (primary N) is 5. The number of carbonyl (C=O) groups is 6. The molecule has 0 saturated carbocycles. The van der Waals surface area contributed by atoms with Gasteiger partial charge >= 0.3 is 23.9 Å². The zero-order valence-corrected chi connectivity index (χ0v) is 13.0. The minimum absolute atomic E-state index is 0.549. The van der Waals surface area contributed by atoms with Gasteiger partial charge in [0.1, 0.15) is 18.1 Å². The van der Waals surface area contributed by atoms with Crippen molar-refractivity contribution in [3.05, 3.63) is 0 Å². The number of hydrogen-bond acceptors (Lipinski definition) is 11. The Kier molecular flexibility index (Phi) is 8.90. The van der Waals surface area contributed by atoms with Gasteiger partial charge in [-0.2, -0.15) is 0 Å². The Morgan fingerprint density at radius 1 is 0.600 bits per heavy atom. The van der Waals surface area contributed by atoms with Gasteiger partial charge in [0.15, 0.2) is 0 Å². The highest BCUT2D eigenvalue weighted by Gasteiger charge is 2.28. The van der Waals surface area contributed by atoms with Crippen molar-refractivity contribution in [3.8, 4) is 0 Å². The maximum atomic E-state index is 11.5. The lowest BCUT2D eigenvalue weighted by Gasteiger charge is -2.13. The summed E-state index contributed by atoms with van der Waals surface area (Å²) in [4.78, 5) is 66.9. The summed E-state index contributed by atoms with van der Waals surface area (Å²) in [7, 11) is 0. The molecule has 0 radical (unpaired) electrons. The zero-order chi connectivity index (χ0) is 19.7. The van der Waals surface area contributed by atoms with E-state index < -0.39 is 73.1 Å². The standard InChI is InChI=1S/C12H19N5O8/c13-4(1-7(16)18)10(21)24-9(20)3-6(15)12(23)25-11(22)5(14)2-8(17)19/h4-6H,1-3,13-15H2,(H2,16,18)(H2,17,19)/t4-,5-,6-/m0/s1. The third-order valence-electron chi connectivity index (χ3n) is 2.55. The van der Waals surface area contributed by atoms with Gasteiger partial charge in [-0.25, -0.2) is 14.4 Å². The molecule has 0 aromatic rings. The van der Waals surface area contributed by atoms with Crippen LogP contribution in [0.5, 0.6) is 0 Å². The Bertz CT molecular complexity index is 578. The summed E-state index contributed by atoms with van der Waals surface area (Å²) in [6, 6.07) is -4.59. The molecule has 3 atom stereocenters. The maximum absolute atomic E-state index is 11.5. The SMILES string of the molecule is NC(=O)C[C@H](N)C(=O)OC(=O)C[C@H](N)C(=O)OC(=O)[C@@H](N)CC(N)=O. The molecule has 0 aromatic heterocycles. The van der Waals surface area contributed by atoms with Gasteiger partial charge in [0, 0.05) is 0 Å². The molecule has 0 aromatic carbocycles. The molecule has 0 aliphatic rings. The molecule has 13 heteroatoms. The fraction of sp³-hybridized carbons (Fsp3) is 0.500. The highest BCUT2D eigenvalue weighted by Crippen LogP contribution is 2.01. The Morgan fingerprint density at radius 2 is 0.920 bits per heavy atom. The second-order valence-electron chi connectivity index (χ2n) is 4.90. The predicted molar refractivity (Wildman–Crippen MR) is 78.4 cm³/mol. The van der Waals surface area contributed by atoms with Crippen LogP contribution in [0.1, 0.15) is 19.3 Å². The van der Waals surface area contributed by atoms with Crippen molar-refractivity contribution >= 4 is 35.7 Å². The van der Waals surface area contributed by atoms with Crippen LogP contribution < -0.4 is 28.7 Å². The molecule has 140 valence electrons. The van der Waals surface area contributed by atoms with Gasteiger partial charge in [0.05, 0.1) is 19.3 Å². The Labute approximate surface area is 141 Å². The maximum Gasteiger partial charge on any atom is 0.331 e. The summed E-state index contributed by atoms with van der Waals surface area (Å²) < 4.78 is 8.54. The van der Waals surface area contributed by atoms with Crippen LogP contribution in [0.2, 0.25) is 0 Å². The van der Waals surface area contributed by atoms with E-state index in [2.05, 4.69) is 9.47 Å². The van der Waals surface area contributed by atoms with E-state index in [-0.39, 0.29) is 0 Å². The first-order valence-electron chi connectivity index (χ1n) is 6.77. The summed E-state index contributed by atoms with van der Waals surface area (Å²) in [6.45, 7) is 0. The van der Waals surface area contributed by atoms with Gasteiger partial charge in [-0.05, 0) is 0 Å². The van der Waals surface area contributed by atoms with E-state index >= 15 is 0 Å². The molecule has 0 spiro atoms. The van der Waals surface area contributed by atoms with Gasteiger partial charge < -0.3 is 38.1 Å². The van der Waals surface area contributed by atoms with E-state index in [1.54, 1.807) is 0 Å². The van der Waals surface area contributed by atoms with Gasteiger partial charge in [-0.1, -0.05) is 0 Å². The summed E-state index contributed by atoms with van der Waals surface area (Å²) in [5.74, 6) is -6.88. The van der Waals surface area contributed by atoms with E-state index in [4.69, 9.17) is 28.7 Å². The molecule has 0 rings (SSSR count). The van der Waals surface area contributed by atoms with E-state index in [1.165, 1.54) is 0 Å². The molecule has 0 aliphatic heterocycles. The Hall–Kier alpha value is -2.90. The van der Waals surface area contributed by atoms with Crippen LogP contribution in [0, 0.1) is 0 Å². The predicted octanol–water partition coefficient (Wildman–Crippen LogP) is -4.75. The summed E-state index contributed by atoms with van der Waals surface area (Å²) in [5, 5.41) is 0. The summed E-state index contributed by atoms with van der Waals surface area (Å²) >= 11 is 0. The van der Waals surface area contributed by atoms with Crippen LogP contribution >= 0.6 is 0 Å². The van der Waals surface area contributed by atoms with Crippen LogP contribution in [0.15, 0.2) is 0 Å². The molecule has 25 heavy (non-hydrogen) atoms. The molecular weight excluding hydrogens is 342 g/mol. The molecule has 0 fully saturated rings. The second kappa shape index (κ2) is 10.1. The molecule has 0 saturated heterocycles. The van der Waals surface area contributed by atoms with Crippen molar-refractivity contribution in [2.45, 2.75) is 37.4 Å². The molecule has 2 amide bonds. The smallest absolute Gasteiger partial charge is 0.331 e. The van der Waals surface area contributed by atoms with Gasteiger partial charge in [0.2, 0.25) is 11.8 Å². The number of ether oxygens (including phenoxy) is 2. The quantitative estimate of drug-likeness (QED) is 0.192. The van der Waals surface area contributed by atoms with E-state index in [0.29, 0.717) is 0 Å². The third kappa shape index (κ3) is 9.09. The first kappa shape index (κ1) is 22.1. The molecule has 10 N–H and O–H groups in total. The van der Waals surface area contributed by atoms with Crippen molar-refractivity contribution < 1.29 is 38.2 Å². The Balaban J connectivity index is 4.45. The topological polar surface area (TPSA) is 251 Å². The van der Waals surface area contributed by atoms with Crippen molar-refractivity contribution in [1.29, 1.82) is 0 Å². The normalized spacial score (nSPS) is 13.9. The monoisotopic (exact) mass is 361 g/mol. The lowest BCUT2D eigenvalue weighted by molar-refractivity contribution is -0.167. The minimum Gasteiger partial charge on any atom is -0.392 e. The third-order valence-corrected chi connectivity index (χ3v) is 2.55. The highest BCUT2D eigenvalue weighted by atomic mass is 16.6. The van der Waals surface area contributed by atoms with Crippen LogP contribution in [0.4, 0.5) is 0 Å². The first-order valence-corrected chi connectivity index (χ1v) is 6.77. The van der Waals surface area contributed by atoms with Crippen molar-refractivity contribution in [1.82, 2.24) is 0 Å². The fourth-order valence-corrected chi connectivity index (χ4v) is 1.34. The van der Waals surface area contributed by atoms with E-state index in [9.17, 15) is 28.8 Å². The van der Waals surface area contributed by atoms with Gasteiger partial charge in [0.25, 0.3) is 0 Å². The van der Waals surface area contributed by atoms with Crippen molar-refractivity contribution in [2.75, 3.05) is 0 Å². The average Bonchev–Trinajstić information content (AvgIpc) is 2.45. The average molecular weight is 361 g/mol. The lowest BCUT2D eigenvalue weighted by atomic mass is 10.2. The molecule has 0 aliphatic carbocycles. The van der Waals surface area contributed by atoms with Crippen LogP contribution in [-0.4, -0.2) is 53.8 Å². The molecule has 0 unspecified atom stereocenters. The number of hydrogen-bond donors (Lipinski definition) is 5. The lowest BCUT2D eigenvalue weighted by Crippen LogP contribution is -2.43. The fourth-order valence-electron chi connectivity index (χ4n) is 1.34.